The molecule has 0 saturated heterocycles. The summed E-state index contributed by atoms with van der Waals surface area (Å²) in [5.41, 5.74) is 1.69. The first kappa shape index (κ1) is 19.8. The number of hydrogen-bond acceptors (Lipinski definition) is 8. The number of esters is 1. The van der Waals surface area contributed by atoms with E-state index in [-0.39, 0.29) is 10.9 Å². The molecular formula is C18H17N3O5S2. The molecule has 0 spiro atoms. The fraction of sp³-hybridized carbons (Fsp3) is 0.167. The number of rotatable bonds is 7. The molecule has 3 rings (SSSR count). The lowest BCUT2D eigenvalue weighted by Gasteiger charge is -2.05. The number of nitrogens with one attached hydrogen (secondary N) is 1. The molecule has 28 heavy (non-hydrogen) atoms. The molecule has 3 aromatic rings. The third-order valence-electron chi connectivity index (χ3n) is 3.74. The second-order valence-corrected chi connectivity index (χ2v) is 8.39. The van der Waals surface area contributed by atoms with Crippen LogP contribution >= 0.6 is 11.3 Å². The minimum Gasteiger partial charge on any atom is -0.497 e. The Labute approximate surface area is 166 Å². The highest BCUT2D eigenvalue weighted by Gasteiger charge is 2.16. The zero-order chi connectivity index (χ0) is 20.1. The Bertz CT molecular complexity index is 1060. The van der Waals surface area contributed by atoms with Crippen molar-refractivity contribution in [2.24, 2.45) is 0 Å². The number of hydrogen-bond donors (Lipinski definition) is 1. The topological polar surface area (TPSA) is 107 Å². The molecule has 2 aromatic carbocycles. The van der Waals surface area contributed by atoms with E-state index in [9.17, 15) is 13.2 Å². The number of benzene rings is 2. The number of ether oxygens (including phenoxy) is 2. The van der Waals surface area contributed by atoms with Crippen LogP contribution in [0, 0.1) is 0 Å². The van der Waals surface area contributed by atoms with Crippen LogP contribution in [0.15, 0.2) is 48.5 Å². The van der Waals surface area contributed by atoms with Gasteiger partial charge >= 0.3 is 5.97 Å². The molecule has 1 N–H and O–H groups in total. The molecule has 0 bridgehead atoms. The molecule has 146 valence electrons. The predicted molar refractivity (Wildman–Crippen MR) is 106 cm³/mol. The average molecular weight is 419 g/mol. The van der Waals surface area contributed by atoms with Crippen LogP contribution in [0.5, 0.6) is 5.75 Å². The monoisotopic (exact) mass is 419 g/mol. The van der Waals surface area contributed by atoms with Gasteiger partial charge in [-0.1, -0.05) is 23.5 Å². The van der Waals surface area contributed by atoms with Gasteiger partial charge in [0.25, 0.3) is 0 Å². The summed E-state index contributed by atoms with van der Waals surface area (Å²) >= 11 is 1.13. The maximum atomic E-state index is 12.4. The molecule has 8 nitrogen and oxygen atoms in total. The molecule has 0 unspecified atom stereocenters. The van der Waals surface area contributed by atoms with Gasteiger partial charge in [0.15, 0.2) is 0 Å². The molecule has 0 atom stereocenters. The zero-order valence-corrected chi connectivity index (χ0v) is 16.7. The van der Waals surface area contributed by atoms with E-state index in [1.165, 1.54) is 19.2 Å². The van der Waals surface area contributed by atoms with E-state index in [0.29, 0.717) is 21.9 Å². The van der Waals surface area contributed by atoms with Crippen LogP contribution in [0.2, 0.25) is 0 Å². The van der Waals surface area contributed by atoms with Crippen LogP contribution < -0.4 is 9.46 Å². The summed E-state index contributed by atoms with van der Waals surface area (Å²) < 4.78 is 36.9. The Balaban J connectivity index is 1.68. The summed E-state index contributed by atoms with van der Waals surface area (Å²) in [5.74, 6) is -0.0220. The molecule has 0 aliphatic carbocycles. The first-order chi connectivity index (χ1) is 13.4. The van der Waals surface area contributed by atoms with E-state index in [1.807, 2.05) is 12.1 Å². The Kier molecular flexibility index (Phi) is 5.90. The standard InChI is InChI=1S/C18H17N3O5S2/c1-25-15-9-7-13(8-10-15)16-19-20-18(27-16)21-28(23,24)11-12-3-5-14(6-4-12)17(22)26-2/h3-10H,11H2,1-2H3,(H,20,21). The molecule has 1 heterocycles. The van der Waals surface area contributed by atoms with Gasteiger partial charge in [-0.2, -0.15) is 0 Å². The van der Waals surface area contributed by atoms with Crippen molar-refractivity contribution in [2.45, 2.75) is 5.75 Å². The normalized spacial score (nSPS) is 11.1. The largest absolute Gasteiger partial charge is 0.497 e. The number of anilines is 1. The fourth-order valence-electron chi connectivity index (χ4n) is 2.36. The van der Waals surface area contributed by atoms with Crippen molar-refractivity contribution in [3.8, 4) is 16.3 Å². The third kappa shape index (κ3) is 4.84. The highest BCUT2D eigenvalue weighted by Crippen LogP contribution is 2.28. The summed E-state index contributed by atoms with van der Waals surface area (Å²) in [4.78, 5) is 11.4. The quantitative estimate of drug-likeness (QED) is 0.587. The third-order valence-corrected chi connectivity index (χ3v) is 5.97. The first-order valence-electron chi connectivity index (χ1n) is 8.06. The SMILES string of the molecule is COC(=O)c1ccc(CS(=O)(=O)Nc2nnc(-c3ccc(OC)cc3)s2)cc1. The molecule has 0 saturated carbocycles. The van der Waals surface area contributed by atoms with Gasteiger partial charge in [-0.15, -0.1) is 10.2 Å². The van der Waals surface area contributed by atoms with Crippen molar-refractivity contribution >= 4 is 32.5 Å². The number of methoxy groups -OCH3 is 2. The van der Waals surface area contributed by atoms with Crippen molar-refractivity contribution in [1.82, 2.24) is 10.2 Å². The van der Waals surface area contributed by atoms with E-state index < -0.39 is 16.0 Å². The van der Waals surface area contributed by atoms with Gasteiger partial charge in [0.1, 0.15) is 10.8 Å². The molecular weight excluding hydrogens is 402 g/mol. The summed E-state index contributed by atoms with van der Waals surface area (Å²) in [6, 6.07) is 13.4. The molecule has 0 amide bonds. The number of nitrogens with zero attached hydrogens (tertiary/aromatic N) is 2. The second kappa shape index (κ2) is 8.36. The summed E-state index contributed by atoms with van der Waals surface area (Å²) in [6.45, 7) is 0. The van der Waals surface area contributed by atoms with E-state index in [4.69, 9.17) is 4.74 Å². The van der Waals surface area contributed by atoms with Crippen molar-refractivity contribution in [2.75, 3.05) is 18.9 Å². The maximum absolute atomic E-state index is 12.4. The molecule has 1 aromatic heterocycles. The Morgan fingerprint density at radius 1 is 1.04 bits per heavy atom. The molecule has 0 fully saturated rings. The highest BCUT2D eigenvalue weighted by molar-refractivity contribution is 7.92. The summed E-state index contributed by atoms with van der Waals surface area (Å²) in [5, 5.41) is 8.68. The number of carbonyl (C=O) groups excluding carboxylic acids is 1. The Morgan fingerprint density at radius 3 is 2.32 bits per heavy atom. The van der Waals surface area contributed by atoms with Crippen molar-refractivity contribution in [1.29, 1.82) is 0 Å². The minimum absolute atomic E-state index is 0.178. The van der Waals surface area contributed by atoms with Gasteiger partial charge in [0, 0.05) is 5.56 Å². The lowest BCUT2D eigenvalue weighted by atomic mass is 10.1. The van der Waals surface area contributed by atoms with E-state index in [2.05, 4.69) is 19.7 Å². The van der Waals surface area contributed by atoms with E-state index in [1.54, 1.807) is 31.4 Å². The second-order valence-electron chi connectivity index (χ2n) is 5.69. The van der Waals surface area contributed by atoms with Crippen LogP contribution in [-0.4, -0.2) is 38.8 Å². The minimum atomic E-state index is -3.68. The van der Waals surface area contributed by atoms with Crippen LogP contribution in [0.25, 0.3) is 10.6 Å². The van der Waals surface area contributed by atoms with E-state index in [0.717, 1.165) is 16.9 Å². The number of carbonyl (C=O) groups is 1. The lowest BCUT2D eigenvalue weighted by Crippen LogP contribution is -2.15. The van der Waals surface area contributed by atoms with Gasteiger partial charge in [0.05, 0.1) is 25.5 Å². The number of aromatic nitrogens is 2. The molecule has 0 aliphatic rings. The average Bonchev–Trinajstić information content (AvgIpc) is 3.15. The predicted octanol–water partition coefficient (Wildman–Crippen LogP) is 2.94. The van der Waals surface area contributed by atoms with E-state index >= 15 is 0 Å². The number of sulfonamides is 1. The van der Waals surface area contributed by atoms with Gasteiger partial charge in [-0.05, 0) is 42.0 Å². The van der Waals surface area contributed by atoms with Gasteiger partial charge in [-0.3, -0.25) is 4.72 Å². The zero-order valence-electron chi connectivity index (χ0n) is 15.1. The fourth-order valence-corrected chi connectivity index (χ4v) is 4.52. The lowest BCUT2D eigenvalue weighted by molar-refractivity contribution is 0.0600. The van der Waals surface area contributed by atoms with Crippen LogP contribution in [0.3, 0.4) is 0 Å². The van der Waals surface area contributed by atoms with Crippen LogP contribution in [0.1, 0.15) is 15.9 Å². The molecule has 0 radical (unpaired) electrons. The first-order valence-corrected chi connectivity index (χ1v) is 10.5. The van der Waals surface area contributed by atoms with Crippen molar-refractivity contribution < 1.29 is 22.7 Å². The van der Waals surface area contributed by atoms with Crippen LogP contribution in [-0.2, 0) is 20.5 Å². The van der Waals surface area contributed by atoms with Crippen molar-refractivity contribution in [3.63, 3.8) is 0 Å². The molecule has 10 heteroatoms. The Morgan fingerprint density at radius 2 is 1.71 bits per heavy atom. The summed E-state index contributed by atoms with van der Waals surface area (Å²) in [7, 11) is -0.820. The van der Waals surface area contributed by atoms with Crippen molar-refractivity contribution in [3.05, 3.63) is 59.7 Å². The van der Waals surface area contributed by atoms with Gasteiger partial charge in [-0.25, -0.2) is 13.2 Å². The maximum Gasteiger partial charge on any atom is 0.337 e. The Hall–Kier alpha value is -2.98. The smallest absolute Gasteiger partial charge is 0.337 e. The van der Waals surface area contributed by atoms with Gasteiger partial charge < -0.3 is 9.47 Å². The molecule has 0 aliphatic heterocycles. The van der Waals surface area contributed by atoms with Crippen LogP contribution in [0.4, 0.5) is 5.13 Å². The summed E-state index contributed by atoms with van der Waals surface area (Å²) in [6.07, 6.45) is 0. The highest BCUT2D eigenvalue weighted by atomic mass is 32.2. The van der Waals surface area contributed by atoms with Gasteiger partial charge in [0.2, 0.25) is 15.2 Å².